The van der Waals surface area contributed by atoms with Crippen molar-refractivity contribution in [3.63, 3.8) is 0 Å². The number of hydrogen-bond acceptors (Lipinski definition) is 26. The van der Waals surface area contributed by atoms with Crippen molar-refractivity contribution >= 4 is 110 Å². The number of benzene rings is 2. The third-order valence-corrected chi connectivity index (χ3v) is 19.8. The number of carboxylic acids is 6. The smallest absolute Gasteiger partial charge is 0.326 e. The predicted octanol–water partition coefficient (Wildman–Crippen LogP) is 2.24. The number of aryl methyl sites for hydroxylation is 1. The average molecular weight is 1900 g/mol. The number of halogens is 2. The maximum absolute atomic E-state index is 14.2. The van der Waals surface area contributed by atoms with E-state index in [1.165, 1.54) is 0 Å². The van der Waals surface area contributed by atoms with Crippen molar-refractivity contribution in [3.8, 4) is 0 Å². The number of nitrogens with zero attached hydrogens (tertiary/aromatic N) is 5. The summed E-state index contributed by atoms with van der Waals surface area (Å²) in [7, 11) is 0. The number of carbonyl (C=O) groups is 12. The van der Waals surface area contributed by atoms with E-state index in [1.807, 2.05) is 55.5 Å². The van der Waals surface area contributed by atoms with E-state index in [1.54, 1.807) is 24.5 Å². The van der Waals surface area contributed by atoms with Gasteiger partial charge in [-0.25, -0.2) is 14.4 Å². The van der Waals surface area contributed by atoms with Gasteiger partial charge in [0.2, 0.25) is 29.5 Å². The molecule has 3 rings (SSSR count). The first-order chi connectivity index (χ1) is 58.3. The van der Waals surface area contributed by atoms with Crippen LogP contribution in [0.1, 0.15) is 108 Å². The van der Waals surface area contributed by atoms with Crippen molar-refractivity contribution in [1.82, 2.24) is 56.4 Å². The van der Waals surface area contributed by atoms with E-state index in [4.69, 9.17) is 52.5 Å². The summed E-state index contributed by atoms with van der Waals surface area (Å²) >= 11 is 5.67. The predicted molar refractivity (Wildman–Crippen MR) is 452 cm³/mol. The Labute approximate surface area is 729 Å². The van der Waals surface area contributed by atoms with Gasteiger partial charge in [0.15, 0.2) is 0 Å². The molecule has 1 aliphatic heterocycles. The number of carbonyl (C=O) groups excluding carboxylic acids is 6. The Morgan fingerprint density at radius 1 is 0.388 bits per heavy atom. The number of urea groups is 1. The molecule has 1 heterocycles. The lowest BCUT2D eigenvalue weighted by atomic mass is 10.1. The van der Waals surface area contributed by atoms with E-state index >= 15 is 0 Å². The van der Waals surface area contributed by atoms with Gasteiger partial charge in [0, 0.05) is 106 Å². The number of unbranched alkanes of at least 4 members (excludes halogenated alkanes) is 3. The van der Waals surface area contributed by atoms with Crippen molar-refractivity contribution < 1.29 is 136 Å². The lowest BCUT2D eigenvalue weighted by Gasteiger charge is -2.33. The van der Waals surface area contributed by atoms with E-state index in [0.717, 1.165) is 32.0 Å². The summed E-state index contributed by atoms with van der Waals surface area (Å²) in [6.45, 7) is 9.73. The minimum absolute atomic E-state index is 0.00770. The van der Waals surface area contributed by atoms with Gasteiger partial charge in [-0.15, -0.1) is 0 Å². The van der Waals surface area contributed by atoms with E-state index in [2.05, 4.69) is 70.4 Å². The number of amides is 7. The molecule has 7 amide bonds. The zero-order chi connectivity index (χ0) is 88.5. The fourth-order valence-corrected chi connectivity index (χ4v) is 12.7. The second-order valence-corrected chi connectivity index (χ2v) is 30.5. The summed E-state index contributed by atoms with van der Waals surface area (Å²) in [5, 5.41) is 72.8. The maximum atomic E-state index is 14.2. The molecule has 2 aromatic rings. The minimum atomic E-state index is -1.55. The molecule has 0 spiro atoms. The SMILES string of the molecule is CCCCC(NC(=O)CCOCCOCCOCCOCCOCCOCCOCCOCCOCCOCCNC(=O)[C@H](CCCCNC(=O)CCCc1ccc(I)cc1)NC(=O)CN1CCN(CC(=O)O)CCN(CC(=O)O)CCN(CC(=O)O)CC1)C(=O)N(CCCC[C@H](NC(=O)N[C@@H](CCC(=O)O)C(=O)O)C(=O)O)Cc1ccc(Br)cc1. The third-order valence-electron chi connectivity index (χ3n) is 18.5. The summed E-state index contributed by atoms with van der Waals surface area (Å²) in [4.78, 5) is 158. The van der Waals surface area contributed by atoms with Gasteiger partial charge >= 0.3 is 41.8 Å². The molecule has 686 valence electrons. The molecule has 0 aliphatic carbocycles. The Morgan fingerprint density at radius 3 is 1.22 bits per heavy atom. The van der Waals surface area contributed by atoms with Gasteiger partial charge in [-0.3, -0.25) is 62.8 Å². The van der Waals surface area contributed by atoms with Crippen LogP contribution in [0.25, 0.3) is 0 Å². The molecular formula is C80H129BrIN11O28. The van der Waals surface area contributed by atoms with Crippen LogP contribution in [0.15, 0.2) is 53.0 Å². The number of carboxylic acid groups (broad SMARTS) is 6. The van der Waals surface area contributed by atoms with Gasteiger partial charge in [-0.2, -0.15) is 0 Å². The first-order valence-corrected chi connectivity index (χ1v) is 43.1. The fourth-order valence-electron chi connectivity index (χ4n) is 12.0. The molecule has 39 nitrogen and oxygen atoms in total. The second-order valence-electron chi connectivity index (χ2n) is 28.4. The summed E-state index contributed by atoms with van der Waals surface area (Å²) in [6, 6.07) is 9.68. The summed E-state index contributed by atoms with van der Waals surface area (Å²) < 4.78 is 57.9. The maximum Gasteiger partial charge on any atom is 0.326 e. The van der Waals surface area contributed by atoms with Crippen molar-refractivity contribution in [3.05, 3.63) is 67.7 Å². The minimum Gasteiger partial charge on any atom is -0.481 e. The standard InChI is InChI=1S/C80H129BrIN11O28/c1-2-3-10-66(77(106)93(56-62-14-18-63(81)19-15-62)27-7-5-12-67(78(107)108)87-80(111)88-68(79(109)110)22-23-72(97)98)86-70(95)24-36-112-38-40-114-42-44-116-46-48-118-50-52-120-54-55-121-53-51-119-49-47-117-45-43-115-41-39-113-37-26-84-76(105)65(11-4-6-25-83-69(94)13-8-9-61-16-20-64(82)21-17-61)85-71(96)57-89-28-30-90(58-73(99)100)32-34-92(60-75(103)104)35-33-91(31-29-89)59-74(101)102/h14-21,65-68H,2-13,22-60H2,1H3,(H,83,94)(H,84,105)(H,85,96)(H,86,95)(H,97,98)(H,99,100)(H,101,102)(H,103,104)(H,107,108)(H,109,110)(H2,87,88,111)/t65-,66?,67-,68-/m0/s1. The van der Waals surface area contributed by atoms with Gasteiger partial charge in [0.05, 0.1) is 158 Å². The van der Waals surface area contributed by atoms with Crippen molar-refractivity contribution in [2.24, 2.45) is 0 Å². The Balaban J connectivity index is 1.22. The van der Waals surface area contributed by atoms with Crippen LogP contribution in [0.3, 0.4) is 0 Å². The quantitative estimate of drug-likeness (QED) is 0.0334. The molecule has 0 aromatic heterocycles. The van der Waals surface area contributed by atoms with E-state index in [9.17, 15) is 83.1 Å². The van der Waals surface area contributed by atoms with Crippen LogP contribution in [0, 0.1) is 3.57 Å². The van der Waals surface area contributed by atoms with Crippen LogP contribution in [0.4, 0.5) is 4.79 Å². The Hall–Kier alpha value is -7.47. The topological polar surface area (TPSA) is 507 Å². The molecule has 12 N–H and O–H groups in total. The molecule has 41 heteroatoms. The first-order valence-electron chi connectivity index (χ1n) is 41.3. The van der Waals surface area contributed by atoms with Crippen LogP contribution < -0.4 is 31.9 Å². The molecule has 4 atom stereocenters. The molecular weight excluding hydrogens is 1770 g/mol. The normalized spacial score (nSPS) is 14.2. The number of ether oxygens (including phenoxy) is 10. The molecule has 121 heavy (non-hydrogen) atoms. The van der Waals surface area contributed by atoms with Crippen LogP contribution in [0.2, 0.25) is 0 Å². The highest BCUT2D eigenvalue weighted by molar-refractivity contribution is 14.1. The number of nitrogens with one attached hydrogen (secondary N) is 6. The van der Waals surface area contributed by atoms with Gasteiger partial charge in [0.1, 0.15) is 24.2 Å². The molecule has 2 aromatic carbocycles. The van der Waals surface area contributed by atoms with Crippen LogP contribution >= 0.6 is 38.5 Å². The van der Waals surface area contributed by atoms with E-state index < -0.39 is 90.7 Å². The van der Waals surface area contributed by atoms with Gasteiger partial charge in [0.25, 0.3) is 0 Å². The molecule has 1 saturated heterocycles. The lowest BCUT2D eigenvalue weighted by molar-refractivity contribution is -0.141. The molecule has 1 fully saturated rings. The summed E-state index contributed by atoms with van der Waals surface area (Å²) in [5.74, 6) is -9.01. The van der Waals surface area contributed by atoms with Crippen LogP contribution in [0.5, 0.6) is 0 Å². The molecule has 1 unspecified atom stereocenters. The van der Waals surface area contributed by atoms with Crippen molar-refractivity contribution in [2.75, 3.05) is 230 Å². The lowest BCUT2D eigenvalue weighted by Crippen LogP contribution is -2.52. The summed E-state index contributed by atoms with van der Waals surface area (Å²) in [6.07, 6.45) is 4.47. The molecule has 0 saturated carbocycles. The van der Waals surface area contributed by atoms with E-state index in [0.29, 0.717) is 144 Å². The molecule has 0 bridgehead atoms. The Morgan fingerprint density at radius 2 is 0.785 bits per heavy atom. The third kappa shape index (κ3) is 57.6. The largest absolute Gasteiger partial charge is 0.481 e. The van der Waals surface area contributed by atoms with Crippen LogP contribution in [-0.2, 0) is 113 Å². The zero-order valence-corrected chi connectivity index (χ0v) is 73.4. The number of hydrogen-bond donors (Lipinski definition) is 12. The molecule has 0 radical (unpaired) electrons. The van der Waals surface area contributed by atoms with E-state index in [-0.39, 0.29) is 181 Å². The highest BCUT2D eigenvalue weighted by Gasteiger charge is 2.30. The zero-order valence-electron chi connectivity index (χ0n) is 69.6. The van der Waals surface area contributed by atoms with Crippen LogP contribution in [-0.4, -0.2) is 381 Å². The Bertz CT molecular complexity index is 3240. The fraction of sp³-hybridized carbons (Fsp3) is 0.700. The first kappa shape index (κ1) is 108. The van der Waals surface area contributed by atoms with Crippen molar-refractivity contribution in [1.29, 1.82) is 0 Å². The highest BCUT2D eigenvalue weighted by atomic mass is 127. The number of rotatable bonds is 71. The average Bonchev–Trinajstić information content (AvgIpc) is 0.862. The Kier molecular flexibility index (Phi) is 61.3. The monoisotopic (exact) mass is 1900 g/mol. The summed E-state index contributed by atoms with van der Waals surface area (Å²) in [5.41, 5.74) is 1.97. The second kappa shape index (κ2) is 68.9. The van der Waals surface area contributed by atoms with Crippen molar-refractivity contribution in [2.45, 2.75) is 134 Å². The van der Waals surface area contributed by atoms with Gasteiger partial charge in [-0.05, 0) is 122 Å². The van der Waals surface area contributed by atoms with Gasteiger partial charge in [-0.1, -0.05) is 60.0 Å². The van der Waals surface area contributed by atoms with Gasteiger partial charge < -0.3 is 115 Å². The number of aliphatic carboxylic acids is 6. The molecule has 1 aliphatic rings. The highest BCUT2D eigenvalue weighted by Crippen LogP contribution is 2.17.